The third kappa shape index (κ3) is 3.42. The Morgan fingerprint density at radius 2 is 2.48 bits per heavy atom. The van der Waals surface area contributed by atoms with Crippen LogP contribution in [-0.4, -0.2) is 47.6 Å². The van der Waals surface area contributed by atoms with Crippen LogP contribution >= 0.6 is 0 Å². The Kier molecular flexibility index (Phi) is 4.96. The Hall–Kier alpha value is -1.88. The highest BCUT2D eigenvalue weighted by molar-refractivity contribution is 5.94. The molecule has 21 heavy (non-hydrogen) atoms. The largest absolute Gasteiger partial charge is 0.396 e. The van der Waals surface area contributed by atoms with Crippen molar-refractivity contribution >= 4 is 11.7 Å². The molecular formula is C16H23N3O2. The van der Waals surface area contributed by atoms with Crippen LogP contribution in [0.5, 0.6) is 0 Å². The van der Waals surface area contributed by atoms with Crippen molar-refractivity contribution in [1.82, 2.24) is 9.88 Å². The zero-order valence-electron chi connectivity index (χ0n) is 12.5. The van der Waals surface area contributed by atoms with E-state index in [0.29, 0.717) is 17.9 Å². The second-order valence-electron chi connectivity index (χ2n) is 5.66. The highest BCUT2D eigenvalue weighted by Gasteiger charge is 2.35. The summed E-state index contributed by atoms with van der Waals surface area (Å²) in [4.78, 5) is 18.6. The smallest absolute Gasteiger partial charge is 0.254 e. The molecule has 0 radical (unpaired) electrons. The summed E-state index contributed by atoms with van der Waals surface area (Å²) in [5.74, 6) is 0.674. The fourth-order valence-corrected chi connectivity index (χ4v) is 2.93. The minimum absolute atomic E-state index is 0.00418. The number of allylic oxidation sites excluding steroid dienone is 1. The van der Waals surface area contributed by atoms with Crippen LogP contribution in [0.4, 0.5) is 5.82 Å². The summed E-state index contributed by atoms with van der Waals surface area (Å²) >= 11 is 0. The summed E-state index contributed by atoms with van der Waals surface area (Å²) in [5, 5.41) is 12.7. The molecular weight excluding hydrogens is 266 g/mol. The first kappa shape index (κ1) is 15.5. The molecule has 0 saturated carbocycles. The van der Waals surface area contributed by atoms with Crippen molar-refractivity contribution in [2.24, 2.45) is 5.41 Å². The first-order valence-electron chi connectivity index (χ1n) is 7.29. The van der Waals surface area contributed by atoms with Crippen LogP contribution in [0.2, 0.25) is 0 Å². The third-order valence-corrected chi connectivity index (χ3v) is 4.12. The van der Waals surface area contributed by atoms with E-state index in [9.17, 15) is 9.90 Å². The van der Waals surface area contributed by atoms with E-state index in [-0.39, 0.29) is 17.9 Å². The van der Waals surface area contributed by atoms with Gasteiger partial charge in [0.2, 0.25) is 0 Å². The molecule has 0 unspecified atom stereocenters. The number of pyridine rings is 1. The maximum atomic E-state index is 12.6. The topological polar surface area (TPSA) is 65.5 Å². The van der Waals surface area contributed by atoms with Crippen LogP contribution in [0.25, 0.3) is 0 Å². The van der Waals surface area contributed by atoms with Gasteiger partial charge < -0.3 is 15.3 Å². The van der Waals surface area contributed by atoms with Crippen LogP contribution < -0.4 is 5.32 Å². The van der Waals surface area contributed by atoms with Gasteiger partial charge in [0, 0.05) is 37.3 Å². The summed E-state index contributed by atoms with van der Waals surface area (Å²) in [5.41, 5.74) is 0.385. The Morgan fingerprint density at radius 1 is 1.67 bits per heavy atom. The molecule has 5 nitrogen and oxygen atoms in total. The SMILES string of the molecule is C=CC[C@@]1(CO)CCCN(C(=O)c2ccnc(NC)c2)C1. The van der Waals surface area contributed by atoms with Gasteiger partial charge >= 0.3 is 0 Å². The highest BCUT2D eigenvalue weighted by atomic mass is 16.3. The lowest BCUT2D eigenvalue weighted by Crippen LogP contribution is -2.47. The number of anilines is 1. The van der Waals surface area contributed by atoms with E-state index in [4.69, 9.17) is 0 Å². The maximum Gasteiger partial charge on any atom is 0.254 e. The number of nitrogens with one attached hydrogen (secondary N) is 1. The van der Waals surface area contributed by atoms with Gasteiger partial charge in [0.25, 0.3) is 5.91 Å². The normalized spacial score (nSPS) is 21.9. The number of carbonyl (C=O) groups excluding carboxylic acids is 1. The fourth-order valence-electron chi connectivity index (χ4n) is 2.93. The molecule has 0 aromatic carbocycles. The molecule has 114 valence electrons. The molecule has 1 amide bonds. The predicted octanol–water partition coefficient (Wildman–Crippen LogP) is 1.91. The average Bonchev–Trinajstić information content (AvgIpc) is 2.54. The molecule has 0 spiro atoms. The number of carbonyl (C=O) groups is 1. The first-order chi connectivity index (χ1) is 10.1. The number of hydrogen-bond donors (Lipinski definition) is 2. The molecule has 5 heteroatoms. The number of aromatic nitrogens is 1. The molecule has 2 rings (SSSR count). The molecule has 0 bridgehead atoms. The van der Waals surface area contributed by atoms with Crippen molar-refractivity contribution in [3.63, 3.8) is 0 Å². The molecule has 1 aromatic rings. The summed E-state index contributed by atoms with van der Waals surface area (Å²) in [7, 11) is 1.78. The van der Waals surface area contributed by atoms with Gasteiger partial charge in [-0.1, -0.05) is 6.08 Å². The monoisotopic (exact) mass is 289 g/mol. The fraction of sp³-hybridized carbons (Fsp3) is 0.500. The minimum Gasteiger partial charge on any atom is -0.396 e. The van der Waals surface area contributed by atoms with Gasteiger partial charge in [-0.2, -0.15) is 0 Å². The molecule has 2 N–H and O–H groups in total. The van der Waals surface area contributed by atoms with Crippen molar-refractivity contribution in [3.05, 3.63) is 36.5 Å². The van der Waals surface area contributed by atoms with Crippen molar-refractivity contribution in [2.75, 3.05) is 32.1 Å². The number of nitrogens with zero attached hydrogens (tertiary/aromatic N) is 2. The van der Waals surface area contributed by atoms with Crippen LogP contribution in [0, 0.1) is 5.41 Å². The Labute approximate surface area is 125 Å². The van der Waals surface area contributed by atoms with Gasteiger partial charge in [0.05, 0.1) is 6.61 Å². The van der Waals surface area contributed by atoms with E-state index < -0.39 is 0 Å². The summed E-state index contributed by atoms with van der Waals surface area (Å²) in [6, 6.07) is 3.48. The Balaban J connectivity index is 2.16. The Morgan fingerprint density at radius 3 is 3.14 bits per heavy atom. The highest BCUT2D eigenvalue weighted by Crippen LogP contribution is 2.34. The lowest BCUT2D eigenvalue weighted by Gasteiger charge is -2.41. The number of amides is 1. The molecule has 1 atom stereocenters. The minimum atomic E-state index is -0.242. The molecule has 1 saturated heterocycles. The zero-order valence-corrected chi connectivity index (χ0v) is 12.5. The molecule has 1 aliphatic heterocycles. The third-order valence-electron chi connectivity index (χ3n) is 4.12. The predicted molar refractivity (Wildman–Crippen MR) is 83.3 cm³/mol. The van der Waals surface area contributed by atoms with Crippen molar-refractivity contribution in [3.8, 4) is 0 Å². The maximum absolute atomic E-state index is 12.6. The second kappa shape index (κ2) is 6.72. The average molecular weight is 289 g/mol. The van der Waals surface area contributed by atoms with E-state index in [2.05, 4.69) is 16.9 Å². The van der Waals surface area contributed by atoms with Gasteiger partial charge in [-0.25, -0.2) is 4.98 Å². The molecule has 2 heterocycles. The molecule has 1 aromatic heterocycles. The first-order valence-corrected chi connectivity index (χ1v) is 7.29. The zero-order chi connectivity index (χ0) is 15.3. The van der Waals surface area contributed by atoms with Crippen LogP contribution in [0.1, 0.15) is 29.6 Å². The van der Waals surface area contributed by atoms with Crippen LogP contribution in [0.15, 0.2) is 31.0 Å². The van der Waals surface area contributed by atoms with Crippen LogP contribution in [0.3, 0.4) is 0 Å². The van der Waals surface area contributed by atoms with Crippen molar-refractivity contribution in [1.29, 1.82) is 0 Å². The van der Waals surface area contributed by atoms with E-state index in [0.717, 1.165) is 25.8 Å². The lowest BCUT2D eigenvalue weighted by molar-refractivity contribution is 0.0285. The van der Waals surface area contributed by atoms with Crippen LogP contribution in [-0.2, 0) is 0 Å². The quantitative estimate of drug-likeness (QED) is 0.813. The number of hydrogen-bond acceptors (Lipinski definition) is 4. The van der Waals surface area contributed by atoms with Crippen molar-refractivity contribution in [2.45, 2.75) is 19.3 Å². The number of rotatable bonds is 5. The standard InChI is InChI=1S/C16H23N3O2/c1-3-6-16(12-20)7-4-9-19(11-16)15(21)13-5-8-18-14(10-13)17-2/h3,5,8,10,20H,1,4,6-7,9,11-12H2,2H3,(H,17,18)/t16-/m1/s1. The van der Waals surface area contributed by atoms with Gasteiger partial charge in [-0.05, 0) is 31.4 Å². The van der Waals surface area contributed by atoms with Gasteiger partial charge in [-0.3, -0.25) is 4.79 Å². The van der Waals surface area contributed by atoms with Gasteiger partial charge in [0.1, 0.15) is 5.82 Å². The number of aliphatic hydroxyl groups is 1. The number of piperidine rings is 1. The number of aliphatic hydroxyl groups excluding tert-OH is 1. The van der Waals surface area contributed by atoms with E-state index in [1.165, 1.54) is 0 Å². The van der Waals surface area contributed by atoms with E-state index >= 15 is 0 Å². The summed E-state index contributed by atoms with van der Waals surface area (Å²) < 4.78 is 0. The van der Waals surface area contributed by atoms with E-state index in [1.54, 1.807) is 25.4 Å². The van der Waals surface area contributed by atoms with Gasteiger partial charge in [0.15, 0.2) is 0 Å². The Bertz CT molecular complexity index is 518. The molecule has 1 fully saturated rings. The lowest BCUT2D eigenvalue weighted by atomic mass is 9.77. The summed E-state index contributed by atoms with van der Waals surface area (Å²) in [6.07, 6.45) is 6.02. The molecule has 0 aliphatic carbocycles. The second-order valence-corrected chi connectivity index (χ2v) is 5.66. The molecule has 1 aliphatic rings. The number of likely N-dealkylation sites (tertiary alicyclic amines) is 1. The summed E-state index contributed by atoms with van der Waals surface area (Å²) in [6.45, 7) is 5.16. The van der Waals surface area contributed by atoms with Gasteiger partial charge in [-0.15, -0.1) is 6.58 Å². The van der Waals surface area contributed by atoms with E-state index in [1.807, 2.05) is 11.0 Å². The van der Waals surface area contributed by atoms with Crippen molar-refractivity contribution < 1.29 is 9.90 Å².